The van der Waals surface area contributed by atoms with E-state index in [1.54, 1.807) is 36.4 Å². The molecule has 0 N–H and O–H groups in total. The van der Waals surface area contributed by atoms with Gasteiger partial charge in [0.1, 0.15) is 0 Å². The second-order valence-electron chi connectivity index (χ2n) is 4.51. The van der Waals surface area contributed by atoms with Crippen molar-refractivity contribution in [3.05, 3.63) is 90.3 Å². The molecular weight excluding hydrogens is 494 g/mol. The number of carbonyl (C=O) groups excluding carboxylic acids is 3. The Kier molecular flexibility index (Phi) is 12.9. The second-order valence-corrected chi connectivity index (χ2v) is 4.51. The fourth-order valence-corrected chi connectivity index (χ4v) is 1.45. The number of hydrogen-bond acceptors (Lipinski definition) is 9. The van der Waals surface area contributed by atoms with E-state index in [0.29, 0.717) is 0 Å². The maximum atomic E-state index is 10.0. The minimum Gasteiger partial charge on any atom is -0.543 e. The van der Waals surface area contributed by atoms with E-state index in [1.165, 1.54) is 36.8 Å². The number of rotatable bonds is 3. The second kappa shape index (κ2) is 14.3. The fraction of sp³-hybridized carbons (Fsp3) is 0. The Labute approximate surface area is 193 Å². The molecule has 9 nitrogen and oxygen atoms in total. The zero-order valence-corrected chi connectivity index (χ0v) is 17.4. The molecule has 0 aliphatic heterocycles. The van der Waals surface area contributed by atoms with Gasteiger partial charge in [-0.1, -0.05) is 18.2 Å². The summed E-state index contributed by atoms with van der Waals surface area (Å²) in [4.78, 5) is 40.6. The van der Waals surface area contributed by atoms with Gasteiger partial charge in [0.15, 0.2) is 0 Å². The number of carboxylic acid groups (broad SMARTS) is 3. The Morgan fingerprint density at radius 3 is 0.893 bits per heavy atom. The fourth-order valence-electron chi connectivity index (χ4n) is 1.45. The van der Waals surface area contributed by atoms with Crippen molar-refractivity contribution in [3.8, 4) is 0 Å². The first-order valence-corrected chi connectivity index (χ1v) is 7.29. The zero-order valence-electron chi connectivity index (χ0n) is 14.2. The van der Waals surface area contributed by atoms with Crippen molar-refractivity contribution in [2.24, 2.45) is 0 Å². The van der Waals surface area contributed by atoms with Gasteiger partial charge in [-0.3, -0.25) is 15.0 Å². The Bertz CT molecular complexity index is 747. The van der Waals surface area contributed by atoms with Crippen LogP contribution in [0.4, 0.5) is 0 Å². The van der Waals surface area contributed by atoms with E-state index in [2.05, 4.69) is 15.0 Å². The van der Waals surface area contributed by atoms with Crippen molar-refractivity contribution < 1.29 is 71.5 Å². The van der Waals surface area contributed by atoms with Gasteiger partial charge >= 0.3 is 41.7 Å². The molecule has 0 aromatic carbocycles. The number of nitrogens with zero attached hydrogens (tertiary/aromatic N) is 3. The average Bonchev–Trinajstić information content (AvgIpc) is 2.71. The quantitative estimate of drug-likeness (QED) is 0.405. The summed E-state index contributed by atoms with van der Waals surface area (Å²) >= 11 is 0. The van der Waals surface area contributed by atoms with Crippen LogP contribution in [0.25, 0.3) is 0 Å². The third kappa shape index (κ3) is 10.4. The topological polar surface area (TPSA) is 159 Å². The molecule has 0 fully saturated rings. The number of carbonyl (C=O) groups is 3. The summed E-state index contributed by atoms with van der Waals surface area (Å²) in [5, 5.41) is 30.1. The summed E-state index contributed by atoms with van der Waals surface area (Å²) in [5.74, 6) is -3.72. The number of carboxylic acids is 3. The molecule has 1 radical (unpaired) electrons. The molecule has 139 valence electrons. The van der Waals surface area contributed by atoms with Crippen LogP contribution < -0.4 is 15.3 Å². The molecule has 0 unspecified atom stereocenters. The van der Waals surface area contributed by atoms with Crippen molar-refractivity contribution in [2.45, 2.75) is 0 Å². The predicted molar refractivity (Wildman–Crippen MR) is 85.7 cm³/mol. The summed E-state index contributed by atoms with van der Waals surface area (Å²) in [6.45, 7) is 0. The SMILES string of the molecule is O=C([O-])c1ccccn1.O=C([O-])c1ccccn1.O=C([O-])c1ccccn1.[Ce+3]. The van der Waals surface area contributed by atoms with Crippen LogP contribution in [0, 0.1) is 41.7 Å². The van der Waals surface area contributed by atoms with Crippen LogP contribution in [-0.2, 0) is 0 Å². The number of hydrogen-bond donors (Lipinski definition) is 0. The van der Waals surface area contributed by atoms with Crippen LogP contribution >= 0.6 is 0 Å². The minimum absolute atomic E-state index is 0. The molecule has 10 heteroatoms. The van der Waals surface area contributed by atoms with Gasteiger partial charge in [-0.25, -0.2) is 0 Å². The molecule has 0 saturated carbocycles. The van der Waals surface area contributed by atoms with Gasteiger partial charge in [-0.15, -0.1) is 0 Å². The molecule has 28 heavy (non-hydrogen) atoms. The van der Waals surface area contributed by atoms with E-state index in [0.717, 1.165) is 0 Å². The predicted octanol–water partition coefficient (Wildman–Crippen LogP) is -1.66. The first kappa shape index (κ1) is 25.2. The molecule has 3 heterocycles. The number of pyridine rings is 3. The van der Waals surface area contributed by atoms with Gasteiger partial charge in [-0.2, -0.15) is 0 Å². The Balaban J connectivity index is 0.000000384. The number of aromatic carboxylic acids is 3. The number of aromatic nitrogens is 3. The maximum Gasteiger partial charge on any atom is 3.00 e. The molecule has 0 aliphatic carbocycles. The van der Waals surface area contributed by atoms with Crippen LogP contribution in [0.2, 0.25) is 0 Å². The maximum absolute atomic E-state index is 10.0. The van der Waals surface area contributed by atoms with Crippen LogP contribution in [0.1, 0.15) is 31.5 Å². The molecule has 0 aliphatic rings. The molecule has 3 rings (SSSR count). The Morgan fingerprint density at radius 2 is 0.786 bits per heavy atom. The summed E-state index contributed by atoms with van der Waals surface area (Å²) in [6.07, 6.45) is 4.22. The average molecular weight is 506 g/mol. The van der Waals surface area contributed by atoms with Gasteiger partial charge in [0.2, 0.25) is 0 Å². The monoisotopic (exact) mass is 506 g/mol. The molecule has 3 aromatic rings. The van der Waals surface area contributed by atoms with Gasteiger partial charge in [-0.05, 0) is 36.4 Å². The van der Waals surface area contributed by atoms with E-state index < -0.39 is 17.9 Å². The van der Waals surface area contributed by atoms with Crippen LogP contribution in [0.5, 0.6) is 0 Å². The van der Waals surface area contributed by atoms with Crippen molar-refractivity contribution >= 4 is 17.9 Å². The Hall–Kier alpha value is -2.76. The smallest absolute Gasteiger partial charge is 0.543 e. The van der Waals surface area contributed by atoms with Crippen LogP contribution in [0.3, 0.4) is 0 Å². The van der Waals surface area contributed by atoms with E-state index in [-0.39, 0.29) is 58.8 Å². The van der Waals surface area contributed by atoms with Gasteiger partial charge in [0.05, 0.1) is 35.0 Å². The van der Waals surface area contributed by atoms with E-state index in [9.17, 15) is 29.7 Å². The molecule has 0 saturated heterocycles. The van der Waals surface area contributed by atoms with Crippen molar-refractivity contribution in [1.82, 2.24) is 15.0 Å². The van der Waals surface area contributed by atoms with E-state index in [1.807, 2.05) is 0 Å². The minimum atomic E-state index is -1.24. The zero-order chi connectivity index (χ0) is 20.1. The molecule has 3 aromatic heterocycles. The normalized spacial score (nSPS) is 8.57. The van der Waals surface area contributed by atoms with Gasteiger partial charge < -0.3 is 29.7 Å². The summed E-state index contributed by atoms with van der Waals surface area (Å²) < 4.78 is 0. The van der Waals surface area contributed by atoms with Crippen LogP contribution in [-0.4, -0.2) is 32.9 Å². The van der Waals surface area contributed by atoms with E-state index >= 15 is 0 Å². The standard InChI is InChI=1S/3C6H5NO2.Ce/c3*8-6(9)5-3-1-2-4-7-5;/h3*1-4H,(H,8,9);/q;;;+3/p-3. The first-order valence-electron chi connectivity index (χ1n) is 7.29. The summed E-state index contributed by atoms with van der Waals surface area (Å²) in [6, 6.07) is 13.9. The van der Waals surface area contributed by atoms with Crippen LogP contribution in [0.15, 0.2) is 73.2 Å². The third-order valence-electron chi connectivity index (χ3n) is 2.62. The van der Waals surface area contributed by atoms with Crippen molar-refractivity contribution in [3.63, 3.8) is 0 Å². The molecule has 0 bridgehead atoms. The summed E-state index contributed by atoms with van der Waals surface area (Å²) in [5.41, 5.74) is -0.0903. The molecule has 0 spiro atoms. The molecule has 0 amide bonds. The largest absolute Gasteiger partial charge is 3.00 e. The third-order valence-corrected chi connectivity index (χ3v) is 2.62. The van der Waals surface area contributed by atoms with Crippen molar-refractivity contribution in [2.75, 3.05) is 0 Å². The Morgan fingerprint density at radius 1 is 0.536 bits per heavy atom. The first-order chi connectivity index (χ1) is 12.9. The van der Waals surface area contributed by atoms with Gasteiger partial charge in [0, 0.05) is 18.6 Å². The molecule has 0 atom stereocenters. The summed E-state index contributed by atoms with van der Waals surface area (Å²) in [7, 11) is 0. The van der Waals surface area contributed by atoms with Crippen molar-refractivity contribution in [1.29, 1.82) is 0 Å². The van der Waals surface area contributed by atoms with E-state index in [4.69, 9.17) is 0 Å². The van der Waals surface area contributed by atoms with Gasteiger partial charge in [0.25, 0.3) is 0 Å². The molecular formula is C18H12CeN3O6.